The Balaban J connectivity index is 1.70. The second kappa shape index (κ2) is 7.21. The molecule has 1 fully saturated rings. The van der Waals surface area contributed by atoms with Gasteiger partial charge in [-0.3, -0.25) is 4.79 Å². The van der Waals surface area contributed by atoms with Crippen molar-refractivity contribution in [2.75, 3.05) is 18.8 Å². The molecule has 1 saturated heterocycles. The van der Waals surface area contributed by atoms with E-state index in [1.807, 2.05) is 34.9 Å². The summed E-state index contributed by atoms with van der Waals surface area (Å²) in [5.74, 6) is 0.996. The van der Waals surface area contributed by atoms with Crippen molar-refractivity contribution in [3.8, 4) is 0 Å². The number of carbonyl (C=O) groups excluding carboxylic acids is 1. The minimum absolute atomic E-state index is 0.0416. The second-order valence-electron chi connectivity index (χ2n) is 5.33. The first-order valence-electron chi connectivity index (χ1n) is 7.46. The van der Waals surface area contributed by atoms with Crippen LogP contribution in [-0.2, 0) is 0 Å². The van der Waals surface area contributed by atoms with Crippen molar-refractivity contribution >= 4 is 29.3 Å². The van der Waals surface area contributed by atoms with Crippen LogP contribution in [0.5, 0.6) is 0 Å². The lowest BCUT2D eigenvalue weighted by Crippen LogP contribution is -2.33. The Morgan fingerprint density at radius 3 is 2.55 bits per heavy atom. The Hall–Kier alpha value is -1.45. The molecule has 2 nitrogen and oxygen atoms in total. The van der Waals surface area contributed by atoms with Gasteiger partial charge in [-0.1, -0.05) is 54.1 Å². The highest BCUT2D eigenvalue weighted by Gasteiger charge is 2.23. The molecule has 0 bridgehead atoms. The van der Waals surface area contributed by atoms with Gasteiger partial charge < -0.3 is 4.90 Å². The van der Waals surface area contributed by atoms with Crippen LogP contribution in [0, 0.1) is 0 Å². The summed E-state index contributed by atoms with van der Waals surface area (Å²) in [5, 5.41) is 0.995. The first kappa shape index (κ1) is 15.4. The van der Waals surface area contributed by atoms with Crippen LogP contribution < -0.4 is 0 Å². The average Bonchev–Trinajstić information content (AvgIpc) is 2.81. The van der Waals surface area contributed by atoms with Crippen LogP contribution >= 0.6 is 23.4 Å². The van der Waals surface area contributed by atoms with Crippen LogP contribution in [0.3, 0.4) is 0 Å². The third kappa shape index (κ3) is 3.47. The Bertz CT molecular complexity index is 647. The molecule has 0 radical (unpaired) electrons. The molecule has 22 heavy (non-hydrogen) atoms. The van der Waals surface area contributed by atoms with Gasteiger partial charge in [0.15, 0.2) is 0 Å². The van der Waals surface area contributed by atoms with E-state index < -0.39 is 0 Å². The Morgan fingerprint density at radius 2 is 1.77 bits per heavy atom. The van der Waals surface area contributed by atoms with Gasteiger partial charge in [-0.2, -0.15) is 11.8 Å². The minimum atomic E-state index is 0.0416. The standard InChI is InChI=1S/C18H18ClNOS/c19-16-9-5-4-8-15(16)18(21)20-11-10-17(22-13-12-20)14-6-2-1-3-7-14/h1-9,17H,10-13H2. The molecule has 0 aliphatic carbocycles. The molecule has 114 valence electrons. The lowest BCUT2D eigenvalue weighted by Gasteiger charge is -2.21. The normalized spacial score (nSPS) is 18.8. The van der Waals surface area contributed by atoms with Crippen molar-refractivity contribution in [2.45, 2.75) is 11.7 Å². The van der Waals surface area contributed by atoms with Gasteiger partial charge in [0.1, 0.15) is 0 Å². The summed E-state index contributed by atoms with van der Waals surface area (Å²) >= 11 is 8.08. The summed E-state index contributed by atoms with van der Waals surface area (Å²) in [6, 6.07) is 17.8. The van der Waals surface area contributed by atoms with Gasteiger partial charge >= 0.3 is 0 Å². The number of nitrogens with zero attached hydrogens (tertiary/aromatic N) is 1. The number of thioether (sulfide) groups is 1. The van der Waals surface area contributed by atoms with E-state index in [1.54, 1.807) is 12.1 Å². The first-order chi connectivity index (χ1) is 10.8. The zero-order valence-electron chi connectivity index (χ0n) is 12.2. The van der Waals surface area contributed by atoms with Crippen molar-refractivity contribution in [1.29, 1.82) is 0 Å². The van der Waals surface area contributed by atoms with Gasteiger partial charge in [0.05, 0.1) is 10.6 Å². The van der Waals surface area contributed by atoms with Gasteiger partial charge in [-0.25, -0.2) is 0 Å². The van der Waals surface area contributed by atoms with Crippen LogP contribution in [-0.4, -0.2) is 29.6 Å². The highest BCUT2D eigenvalue weighted by molar-refractivity contribution is 7.99. The molecule has 0 spiro atoms. The maximum Gasteiger partial charge on any atom is 0.255 e. The van der Waals surface area contributed by atoms with Crippen LogP contribution in [0.25, 0.3) is 0 Å². The molecular formula is C18H18ClNOS. The van der Waals surface area contributed by atoms with Crippen molar-refractivity contribution in [3.05, 3.63) is 70.7 Å². The van der Waals surface area contributed by atoms with Crippen LogP contribution in [0.1, 0.15) is 27.6 Å². The molecule has 2 aromatic rings. The van der Waals surface area contributed by atoms with Crippen LogP contribution in [0.2, 0.25) is 5.02 Å². The van der Waals surface area contributed by atoms with Gasteiger partial charge in [-0.15, -0.1) is 0 Å². The minimum Gasteiger partial charge on any atom is -0.338 e. The molecule has 0 aromatic heterocycles. The lowest BCUT2D eigenvalue weighted by molar-refractivity contribution is 0.0767. The van der Waals surface area contributed by atoms with E-state index in [4.69, 9.17) is 11.6 Å². The van der Waals surface area contributed by atoms with Crippen molar-refractivity contribution in [2.24, 2.45) is 0 Å². The Labute approximate surface area is 140 Å². The monoisotopic (exact) mass is 331 g/mol. The first-order valence-corrected chi connectivity index (χ1v) is 8.89. The van der Waals surface area contributed by atoms with E-state index >= 15 is 0 Å². The molecule has 0 saturated carbocycles. The number of amides is 1. The molecule has 0 N–H and O–H groups in total. The second-order valence-corrected chi connectivity index (χ2v) is 7.05. The van der Waals surface area contributed by atoms with Crippen molar-refractivity contribution < 1.29 is 4.79 Å². The summed E-state index contributed by atoms with van der Waals surface area (Å²) in [5.41, 5.74) is 1.95. The number of benzene rings is 2. The molecule has 1 atom stereocenters. The van der Waals surface area contributed by atoms with E-state index in [1.165, 1.54) is 5.56 Å². The number of halogens is 1. The summed E-state index contributed by atoms with van der Waals surface area (Å²) in [4.78, 5) is 14.6. The SMILES string of the molecule is O=C(c1ccccc1Cl)N1CCSC(c2ccccc2)CC1. The summed E-state index contributed by atoms with van der Waals surface area (Å²) in [7, 11) is 0. The molecule has 1 heterocycles. The van der Waals surface area contributed by atoms with Gasteiger partial charge in [0, 0.05) is 24.1 Å². The zero-order chi connectivity index (χ0) is 15.4. The van der Waals surface area contributed by atoms with E-state index in [0.29, 0.717) is 15.8 Å². The van der Waals surface area contributed by atoms with Gasteiger partial charge in [0.25, 0.3) is 5.91 Å². The zero-order valence-corrected chi connectivity index (χ0v) is 13.8. The molecule has 1 unspecified atom stereocenters. The lowest BCUT2D eigenvalue weighted by atomic mass is 10.1. The predicted molar refractivity (Wildman–Crippen MR) is 93.6 cm³/mol. The molecule has 1 amide bonds. The molecule has 2 aromatic carbocycles. The number of rotatable bonds is 2. The molecule has 4 heteroatoms. The third-order valence-corrected chi connectivity index (χ3v) is 5.56. The van der Waals surface area contributed by atoms with E-state index in [-0.39, 0.29) is 5.91 Å². The molecular weight excluding hydrogens is 314 g/mol. The molecule has 1 aliphatic heterocycles. The fraction of sp³-hybridized carbons (Fsp3) is 0.278. The highest BCUT2D eigenvalue weighted by atomic mass is 35.5. The average molecular weight is 332 g/mol. The Kier molecular flexibility index (Phi) is 5.06. The smallest absolute Gasteiger partial charge is 0.255 e. The van der Waals surface area contributed by atoms with Gasteiger partial charge in [0.2, 0.25) is 0 Å². The fourth-order valence-electron chi connectivity index (χ4n) is 2.71. The summed E-state index contributed by atoms with van der Waals surface area (Å²) in [6.45, 7) is 1.55. The topological polar surface area (TPSA) is 20.3 Å². The molecule has 1 aliphatic rings. The number of carbonyl (C=O) groups is 1. The largest absolute Gasteiger partial charge is 0.338 e. The summed E-state index contributed by atoms with van der Waals surface area (Å²) < 4.78 is 0. The van der Waals surface area contributed by atoms with Crippen LogP contribution in [0.15, 0.2) is 54.6 Å². The highest BCUT2D eigenvalue weighted by Crippen LogP contribution is 2.34. The Morgan fingerprint density at radius 1 is 1.05 bits per heavy atom. The van der Waals surface area contributed by atoms with Crippen molar-refractivity contribution in [1.82, 2.24) is 4.90 Å². The van der Waals surface area contributed by atoms with E-state index in [0.717, 1.165) is 25.3 Å². The van der Waals surface area contributed by atoms with Gasteiger partial charge in [-0.05, 0) is 24.1 Å². The third-order valence-electron chi connectivity index (χ3n) is 3.90. The van der Waals surface area contributed by atoms with Crippen molar-refractivity contribution in [3.63, 3.8) is 0 Å². The fourth-order valence-corrected chi connectivity index (χ4v) is 4.16. The maximum atomic E-state index is 12.6. The number of hydrogen-bond acceptors (Lipinski definition) is 2. The van der Waals surface area contributed by atoms with E-state index in [9.17, 15) is 4.79 Å². The van der Waals surface area contributed by atoms with E-state index in [2.05, 4.69) is 24.3 Å². The molecule has 3 rings (SSSR count). The quantitative estimate of drug-likeness (QED) is 0.797. The summed E-state index contributed by atoms with van der Waals surface area (Å²) in [6.07, 6.45) is 0.977. The van der Waals surface area contributed by atoms with Crippen LogP contribution in [0.4, 0.5) is 0 Å². The predicted octanol–water partition coefficient (Wildman–Crippen LogP) is 4.66. The number of hydrogen-bond donors (Lipinski definition) is 0. The maximum absolute atomic E-state index is 12.6.